The van der Waals surface area contributed by atoms with Crippen LogP contribution in [0.25, 0.3) is 0 Å². The van der Waals surface area contributed by atoms with E-state index in [9.17, 15) is 4.79 Å². The lowest BCUT2D eigenvalue weighted by atomic mass is 9.78. The summed E-state index contributed by atoms with van der Waals surface area (Å²) in [5, 5.41) is 0. The van der Waals surface area contributed by atoms with Gasteiger partial charge < -0.3 is 4.90 Å². The van der Waals surface area contributed by atoms with Crippen LogP contribution in [-0.2, 0) is 11.3 Å². The highest BCUT2D eigenvalue weighted by Crippen LogP contribution is 2.42. The summed E-state index contributed by atoms with van der Waals surface area (Å²) >= 11 is 0. The molecular weight excluding hydrogens is 284 g/mol. The molecule has 0 radical (unpaired) electrons. The summed E-state index contributed by atoms with van der Waals surface area (Å²) < 4.78 is 0. The first-order valence-corrected chi connectivity index (χ1v) is 9.23. The molecule has 2 aliphatic heterocycles. The summed E-state index contributed by atoms with van der Waals surface area (Å²) in [7, 11) is 0. The smallest absolute Gasteiger partial charge is 0.230 e. The molecule has 2 heterocycles. The summed E-state index contributed by atoms with van der Waals surface area (Å²) in [6.07, 6.45) is 6.00. The van der Waals surface area contributed by atoms with Crippen LogP contribution in [0.4, 0.5) is 0 Å². The van der Waals surface area contributed by atoms with E-state index in [0.717, 1.165) is 51.5 Å². The third kappa shape index (κ3) is 3.03. The second-order valence-corrected chi connectivity index (χ2v) is 7.97. The molecule has 1 aliphatic carbocycles. The van der Waals surface area contributed by atoms with Crippen molar-refractivity contribution in [3.63, 3.8) is 0 Å². The van der Waals surface area contributed by atoms with Crippen LogP contribution in [0.3, 0.4) is 0 Å². The Hall–Kier alpha value is -1.35. The molecule has 1 spiro atoms. The Bertz CT molecular complexity index is 595. The Balaban J connectivity index is 1.43. The largest absolute Gasteiger partial charge is 0.342 e. The Morgan fingerprint density at radius 1 is 1.17 bits per heavy atom. The van der Waals surface area contributed by atoms with Crippen LogP contribution >= 0.6 is 0 Å². The van der Waals surface area contributed by atoms with Crippen LogP contribution in [0, 0.1) is 18.3 Å². The van der Waals surface area contributed by atoms with Gasteiger partial charge in [0, 0.05) is 26.2 Å². The van der Waals surface area contributed by atoms with Crippen LogP contribution < -0.4 is 0 Å². The number of benzene rings is 1. The van der Waals surface area contributed by atoms with E-state index in [2.05, 4.69) is 41.0 Å². The number of carbonyl (C=O) groups excluding carboxylic acids is 1. The van der Waals surface area contributed by atoms with Crippen LogP contribution in [0.5, 0.6) is 0 Å². The predicted molar refractivity (Wildman–Crippen MR) is 92.0 cm³/mol. The molecule has 124 valence electrons. The maximum Gasteiger partial charge on any atom is 0.230 e. The summed E-state index contributed by atoms with van der Waals surface area (Å²) in [4.78, 5) is 17.8. The first-order valence-electron chi connectivity index (χ1n) is 9.23. The fourth-order valence-electron chi connectivity index (χ4n) is 4.44. The topological polar surface area (TPSA) is 23.6 Å². The van der Waals surface area contributed by atoms with Crippen molar-refractivity contribution >= 4 is 5.91 Å². The molecule has 1 aromatic carbocycles. The van der Waals surface area contributed by atoms with Crippen molar-refractivity contribution in [3.8, 4) is 0 Å². The van der Waals surface area contributed by atoms with Gasteiger partial charge in [0.1, 0.15) is 0 Å². The van der Waals surface area contributed by atoms with Gasteiger partial charge in [-0.15, -0.1) is 0 Å². The van der Waals surface area contributed by atoms with Crippen LogP contribution in [0.1, 0.15) is 43.2 Å². The number of rotatable bonds is 4. The number of aryl methyl sites for hydroxylation is 1. The fraction of sp³-hybridized carbons (Fsp3) is 0.650. The average Bonchev–Trinajstić information content (AvgIpc) is 3.27. The zero-order valence-electron chi connectivity index (χ0n) is 14.3. The first kappa shape index (κ1) is 15.2. The molecule has 3 fully saturated rings. The quantitative estimate of drug-likeness (QED) is 0.852. The monoisotopic (exact) mass is 312 g/mol. The highest BCUT2D eigenvalue weighted by atomic mass is 16.2. The van der Waals surface area contributed by atoms with Gasteiger partial charge >= 0.3 is 0 Å². The van der Waals surface area contributed by atoms with E-state index in [0.29, 0.717) is 5.91 Å². The molecule has 4 rings (SSSR count). The van der Waals surface area contributed by atoms with Gasteiger partial charge in [0.25, 0.3) is 0 Å². The van der Waals surface area contributed by atoms with Crippen molar-refractivity contribution in [2.24, 2.45) is 11.3 Å². The van der Waals surface area contributed by atoms with E-state index in [1.165, 1.54) is 30.4 Å². The van der Waals surface area contributed by atoms with Crippen LogP contribution in [0.2, 0.25) is 0 Å². The fourth-order valence-corrected chi connectivity index (χ4v) is 4.44. The van der Waals surface area contributed by atoms with Crippen molar-refractivity contribution in [1.29, 1.82) is 0 Å². The highest BCUT2D eigenvalue weighted by molar-refractivity contribution is 5.84. The van der Waals surface area contributed by atoms with E-state index >= 15 is 0 Å². The molecule has 1 saturated carbocycles. The number of amides is 1. The minimum Gasteiger partial charge on any atom is -0.342 e. The maximum atomic E-state index is 13.1. The minimum absolute atomic E-state index is 0.0736. The lowest BCUT2D eigenvalue weighted by Gasteiger charge is -2.39. The van der Waals surface area contributed by atoms with Gasteiger partial charge in [-0.1, -0.05) is 24.3 Å². The molecule has 3 aliphatic rings. The number of hydrogen-bond acceptors (Lipinski definition) is 2. The lowest BCUT2D eigenvalue weighted by Crippen LogP contribution is -2.50. The molecule has 0 unspecified atom stereocenters. The molecule has 2 saturated heterocycles. The Morgan fingerprint density at radius 2 is 2.00 bits per heavy atom. The minimum atomic E-state index is -0.0736. The summed E-state index contributed by atoms with van der Waals surface area (Å²) in [6.45, 7) is 7.22. The number of hydrogen-bond donors (Lipinski definition) is 0. The summed E-state index contributed by atoms with van der Waals surface area (Å²) in [5.74, 6) is 1.27. The average molecular weight is 312 g/mol. The normalized spacial score (nSPS) is 28.7. The van der Waals surface area contributed by atoms with Gasteiger partial charge in [0.05, 0.1) is 5.41 Å². The van der Waals surface area contributed by atoms with Gasteiger partial charge in [-0.05, 0) is 62.6 Å². The Kier molecular flexibility index (Phi) is 3.92. The molecule has 3 nitrogen and oxygen atoms in total. The second-order valence-electron chi connectivity index (χ2n) is 7.97. The zero-order chi connectivity index (χ0) is 15.9. The van der Waals surface area contributed by atoms with Gasteiger partial charge in [-0.25, -0.2) is 0 Å². The third-order valence-corrected chi connectivity index (χ3v) is 6.09. The molecule has 1 aromatic rings. The standard InChI is InChI=1S/C20H28N2O/c1-16-5-2-3-6-18(16)14-21-12-10-20(15-21)9-4-11-22(19(20)23)13-17-7-8-17/h2-3,5-6,17H,4,7-15H2,1H3/t20-/m0/s1. The molecule has 0 aromatic heterocycles. The number of carbonyl (C=O) groups is 1. The molecule has 1 amide bonds. The first-order chi connectivity index (χ1) is 11.2. The molecule has 0 N–H and O–H groups in total. The van der Waals surface area contributed by atoms with E-state index in [1.54, 1.807) is 0 Å². The van der Waals surface area contributed by atoms with Gasteiger partial charge in [-0.3, -0.25) is 9.69 Å². The van der Waals surface area contributed by atoms with Gasteiger partial charge in [-0.2, -0.15) is 0 Å². The van der Waals surface area contributed by atoms with Gasteiger partial charge in [0.15, 0.2) is 0 Å². The van der Waals surface area contributed by atoms with Crippen molar-refractivity contribution in [2.75, 3.05) is 26.2 Å². The maximum absolute atomic E-state index is 13.1. The van der Waals surface area contributed by atoms with E-state index < -0.39 is 0 Å². The van der Waals surface area contributed by atoms with E-state index in [1.807, 2.05) is 0 Å². The van der Waals surface area contributed by atoms with Crippen molar-refractivity contribution in [2.45, 2.75) is 45.6 Å². The van der Waals surface area contributed by atoms with E-state index in [4.69, 9.17) is 0 Å². The van der Waals surface area contributed by atoms with Crippen molar-refractivity contribution in [1.82, 2.24) is 9.80 Å². The Labute approximate surface area is 139 Å². The molecule has 1 atom stereocenters. The van der Waals surface area contributed by atoms with Crippen molar-refractivity contribution < 1.29 is 4.79 Å². The lowest BCUT2D eigenvalue weighted by molar-refractivity contribution is -0.145. The predicted octanol–water partition coefficient (Wildman–Crippen LogP) is 3.22. The van der Waals surface area contributed by atoms with Crippen LogP contribution in [0.15, 0.2) is 24.3 Å². The zero-order valence-corrected chi connectivity index (χ0v) is 14.3. The van der Waals surface area contributed by atoms with E-state index in [-0.39, 0.29) is 5.41 Å². The molecule has 23 heavy (non-hydrogen) atoms. The second kappa shape index (κ2) is 5.94. The SMILES string of the molecule is Cc1ccccc1CN1CC[C@@]2(CCCN(CC3CC3)C2=O)C1. The van der Waals surface area contributed by atoms with Gasteiger partial charge in [0.2, 0.25) is 5.91 Å². The Morgan fingerprint density at radius 3 is 2.78 bits per heavy atom. The molecule has 0 bridgehead atoms. The highest BCUT2D eigenvalue weighted by Gasteiger charge is 2.48. The summed E-state index contributed by atoms with van der Waals surface area (Å²) in [6, 6.07) is 8.63. The summed E-state index contributed by atoms with van der Waals surface area (Å²) in [5.41, 5.74) is 2.69. The van der Waals surface area contributed by atoms with Crippen LogP contribution in [-0.4, -0.2) is 41.9 Å². The third-order valence-electron chi connectivity index (χ3n) is 6.09. The number of likely N-dealkylation sites (tertiary alicyclic amines) is 2. The van der Waals surface area contributed by atoms with Crippen molar-refractivity contribution in [3.05, 3.63) is 35.4 Å². The number of nitrogens with zero attached hydrogens (tertiary/aromatic N) is 2. The molecule has 3 heteroatoms. The molecular formula is C20H28N2O. The number of piperidine rings is 1.